The molecule has 6 nitrogen and oxygen atoms in total. The van der Waals surface area contributed by atoms with E-state index in [1.807, 2.05) is 13.8 Å². The highest BCUT2D eigenvalue weighted by atomic mass is 35.7. The molecule has 0 atom stereocenters. The summed E-state index contributed by atoms with van der Waals surface area (Å²) < 4.78 is 23.0. The minimum absolute atomic E-state index is 0.179. The number of hydrogen-bond donors (Lipinski definition) is 2. The van der Waals surface area contributed by atoms with Crippen LogP contribution in [0, 0.1) is 12.8 Å². The van der Waals surface area contributed by atoms with Gasteiger partial charge in [0.05, 0.1) is 5.69 Å². The zero-order valence-electron chi connectivity index (χ0n) is 10.9. The fraction of sp³-hybridized carbons (Fsp3) is 0.636. The lowest BCUT2D eigenvalue weighted by Crippen LogP contribution is -2.45. The first-order valence-electron chi connectivity index (χ1n) is 5.95. The van der Waals surface area contributed by atoms with Gasteiger partial charge in [0.2, 0.25) is 0 Å². The van der Waals surface area contributed by atoms with Gasteiger partial charge in [-0.2, -0.15) is 5.10 Å². The summed E-state index contributed by atoms with van der Waals surface area (Å²) in [6.45, 7) is 5.33. The van der Waals surface area contributed by atoms with E-state index in [0.29, 0.717) is 5.92 Å². The molecule has 0 saturated heterocycles. The van der Waals surface area contributed by atoms with Gasteiger partial charge < -0.3 is 5.32 Å². The second kappa shape index (κ2) is 4.49. The Morgan fingerprint density at radius 1 is 1.47 bits per heavy atom. The van der Waals surface area contributed by atoms with Gasteiger partial charge in [-0.25, -0.2) is 8.42 Å². The largest absolute Gasteiger partial charge is 0.345 e. The molecule has 19 heavy (non-hydrogen) atoms. The lowest BCUT2D eigenvalue weighted by Gasteiger charge is -2.25. The number of aryl methyl sites for hydroxylation is 1. The van der Waals surface area contributed by atoms with Crippen molar-refractivity contribution in [3.63, 3.8) is 0 Å². The van der Waals surface area contributed by atoms with Gasteiger partial charge in [0, 0.05) is 16.2 Å². The van der Waals surface area contributed by atoms with Crippen LogP contribution < -0.4 is 5.32 Å². The van der Waals surface area contributed by atoms with Crippen LogP contribution in [0.4, 0.5) is 0 Å². The van der Waals surface area contributed by atoms with Gasteiger partial charge in [0.15, 0.2) is 5.69 Å². The molecule has 0 radical (unpaired) electrons. The van der Waals surface area contributed by atoms with Gasteiger partial charge in [-0.05, 0) is 39.5 Å². The van der Waals surface area contributed by atoms with Crippen LogP contribution >= 0.6 is 10.7 Å². The van der Waals surface area contributed by atoms with Crippen molar-refractivity contribution >= 4 is 25.6 Å². The van der Waals surface area contributed by atoms with E-state index < -0.39 is 15.0 Å². The number of carbonyl (C=O) groups excluding carboxylic acids is 1. The summed E-state index contributed by atoms with van der Waals surface area (Å²) >= 11 is 0. The Bertz CT molecular complexity index is 617. The van der Waals surface area contributed by atoms with E-state index in [9.17, 15) is 13.2 Å². The highest BCUT2D eigenvalue weighted by Crippen LogP contribution is 2.39. The third-order valence-corrected chi connectivity index (χ3v) is 4.83. The fourth-order valence-electron chi connectivity index (χ4n) is 2.13. The molecule has 1 fully saturated rings. The normalized spacial score (nSPS) is 16.4. The molecule has 0 bridgehead atoms. The molecule has 1 heterocycles. The van der Waals surface area contributed by atoms with Crippen LogP contribution in [0.25, 0.3) is 0 Å². The number of aromatic nitrogens is 2. The summed E-state index contributed by atoms with van der Waals surface area (Å²) in [6, 6.07) is 0. The van der Waals surface area contributed by atoms with Crippen molar-refractivity contribution in [3.05, 3.63) is 11.4 Å². The van der Waals surface area contributed by atoms with Gasteiger partial charge in [-0.1, -0.05) is 0 Å². The van der Waals surface area contributed by atoms with Gasteiger partial charge in [-0.15, -0.1) is 0 Å². The van der Waals surface area contributed by atoms with Crippen molar-refractivity contribution in [3.8, 4) is 0 Å². The van der Waals surface area contributed by atoms with Crippen molar-refractivity contribution in [2.24, 2.45) is 5.92 Å². The molecule has 0 spiro atoms. The van der Waals surface area contributed by atoms with Crippen LogP contribution in [0.5, 0.6) is 0 Å². The average molecular weight is 306 g/mol. The van der Waals surface area contributed by atoms with E-state index in [4.69, 9.17) is 10.7 Å². The average Bonchev–Trinajstić information content (AvgIpc) is 3.00. The molecule has 8 heteroatoms. The quantitative estimate of drug-likeness (QED) is 0.826. The maximum atomic E-state index is 12.2. The Balaban J connectivity index is 2.30. The zero-order valence-corrected chi connectivity index (χ0v) is 12.5. The second-order valence-electron chi connectivity index (χ2n) is 5.41. The smallest absolute Gasteiger partial charge is 0.273 e. The number of halogens is 1. The molecule has 106 valence electrons. The summed E-state index contributed by atoms with van der Waals surface area (Å²) in [4.78, 5) is 11.9. The number of nitrogens with zero attached hydrogens (tertiary/aromatic N) is 1. The number of carbonyl (C=O) groups is 1. The van der Waals surface area contributed by atoms with Crippen molar-refractivity contribution in [2.75, 3.05) is 0 Å². The lowest BCUT2D eigenvalue weighted by atomic mass is 9.98. The van der Waals surface area contributed by atoms with Gasteiger partial charge in [0.25, 0.3) is 15.0 Å². The highest BCUT2D eigenvalue weighted by molar-refractivity contribution is 8.13. The number of amides is 1. The number of aromatic amines is 1. The monoisotopic (exact) mass is 305 g/mol. The molecular formula is C11H16ClN3O3S. The molecule has 2 rings (SSSR count). The molecule has 1 saturated carbocycles. The molecular weight excluding hydrogens is 290 g/mol. The summed E-state index contributed by atoms with van der Waals surface area (Å²) in [6.07, 6.45) is 2.13. The van der Waals surface area contributed by atoms with E-state index in [0.717, 1.165) is 12.8 Å². The van der Waals surface area contributed by atoms with Gasteiger partial charge in [-0.3, -0.25) is 9.89 Å². The summed E-state index contributed by atoms with van der Waals surface area (Å²) in [5.74, 6) is -0.104. The van der Waals surface area contributed by atoms with Gasteiger partial charge in [0.1, 0.15) is 4.90 Å². The topological polar surface area (TPSA) is 91.9 Å². The third-order valence-electron chi connectivity index (χ3n) is 3.38. The van der Waals surface area contributed by atoms with E-state index in [2.05, 4.69) is 15.5 Å². The third kappa shape index (κ3) is 2.92. The summed E-state index contributed by atoms with van der Waals surface area (Å²) in [7, 11) is 1.32. The molecule has 0 unspecified atom stereocenters. The van der Waals surface area contributed by atoms with Crippen LogP contribution in [0.3, 0.4) is 0 Å². The summed E-state index contributed by atoms with van der Waals surface area (Å²) in [5.41, 5.74) is -0.303. The second-order valence-corrected chi connectivity index (χ2v) is 7.92. The highest BCUT2D eigenvalue weighted by Gasteiger charge is 2.40. The molecule has 1 aromatic rings. The molecule has 2 N–H and O–H groups in total. The number of H-pyrrole nitrogens is 1. The Morgan fingerprint density at radius 3 is 2.53 bits per heavy atom. The maximum absolute atomic E-state index is 12.2. The Hall–Kier alpha value is -1.08. The molecule has 1 amide bonds. The van der Waals surface area contributed by atoms with E-state index >= 15 is 0 Å². The Labute approximate surface area is 116 Å². The van der Waals surface area contributed by atoms with Crippen LogP contribution in [0.2, 0.25) is 0 Å². The number of nitrogens with one attached hydrogen (secondary N) is 2. The number of hydrogen-bond acceptors (Lipinski definition) is 4. The van der Waals surface area contributed by atoms with Gasteiger partial charge >= 0.3 is 0 Å². The zero-order chi connectivity index (χ0) is 14.4. The van der Waals surface area contributed by atoms with E-state index in [1.165, 1.54) is 6.92 Å². The molecule has 1 aliphatic rings. The first-order valence-corrected chi connectivity index (χ1v) is 8.26. The molecule has 1 aromatic heterocycles. The predicted molar refractivity (Wildman–Crippen MR) is 70.6 cm³/mol. The first kappa shape index (κ1) is 14.3. The van der Waals surface area contributed by atoms with Crippen LogP contribution in [0.15, 0.2) is 4.90 Å². The molecule has 0 aliphatic heterocycles. The maximum Gasteiger partial charge on any atom is 0.273 e. The van der Waals surface area contributed by atoms with Crippen molar-refractivity contribution in [1.82, 2.24) is 15.5 Å². The standard InChI is InChI=1S/C11H16ClN3O3S/c1-6-9(19(12,17)18)8(15-14-6)10(16)13-11(2,3)7-4-5-7/h7H,4-5H2,1-3H3,(H,13,16)(H,14,15). The number of rotatable bonds is 4. The predicted octanol–water partition coefficient (Wildman–Crippen LogP) is 1.56. The van der Waals surface area contributed by atoms with Crippen molar-refractivity contribution in [1.29, 1.82) is 0 Å². The van der Waals surface area contributed by atoms with Crippen molar-refractivity contribution < 1.29 is 13.2 Å². The SMILES string of the molecule is Cc1[nH]nc(C(=O)NC(C)(C)C2CC2)c1S(=O)(=O)Cl. The molecule has 1 aliphatic carbocycles. The van der Waals surface area contributed by atoms with Crippen LogP contribution in [-0.4, -0.2) is 30.1 Å². The lowest BCUT2D eigenvalue weighted by molar-refractivity contribution is 0.0894. The van der Waals surface area contributed by atoms with Crippen LogP contribution in [-0.2, 0) is 9.05 Å². The van der Waals surface area contributed by atoms with Crippen molar-refractivity contribution in [2.45, 2.75) is 44.0 Å². The fourth-order valence-corrected chi connectivity index (χ4v) is 3.48. The minimum atomic E-state index is -4.01. The Morgan fingerprint density at radius 2 is 2.05 bits per heavy atom. The Kier molecular flexibility index (Phi) is 3.38. The first-order chi connectivity index (χ1) is 8.63. The van der Waals surface area contributed by atoms with E-state index in [1.54, 1.807) is 0 Å². The summed E-state index contributed by atoms with van der Waals surface area (Å²) in [5, 5.41) is 9.04. The van der Waals surface area contributed by atoms with E-state index in [-0.39, 0.29) is 21.8 Å². The van der Waals surface area contributed by atoms with Crippen LogP contribution in [0.1, 0.15) is 42.9 Å². The minimum Gasteiger partial charge on any atom is -0.345 e. The molecule has 0 aromatic carbocycles.